The van der Waals surface area contributed by atoms with Crippen LogP contribution < -0.4 is 4.90 Å². The SMILES string of the molecule is O=C1S/C(=C/c2ccc(-c3c(Cl)cccc3Cl)o2)C(=O)N1c1cccc(Cl)c1. The summed E-state index contributed by atoms with van der Waals surface area (Å²) < 4.78 is 5.78. The summed E-state index contributed by atoms with van der Waals surface area (Å²) in [4.78, 5) is 26.4. The van der Waals surface area contributed by atoms with Gasteiger partial charge in [-0.2, -0.15) is 0 Å². The fourth-order valence-electron chi connectivity index (χ4n) is 2.73. The third kappa shape index (κ3) is 3.59. The van der Waals surface area contributed by atoms with Gasteiger partial charge >= 0.3 is 0 Å². The molecule has 0 N–H and O–H groups in total. The number of nitrogens with zero attached hydrogens (tertiary/aromatic N) is 1. The molecule has 2 heterocycles. The van der Waals surface area contributed by atoms with Gasteiger partial charge in [0.1, 0.15) is 11.5 Å². The van der Waals surface area contributed by atoms with E-state index in [0.29, 0.717) is 37.8 Å². The van der Waals surface area contributed by atoms with Crippen molar-refractivity contribution in [1.82, 2.24) is 0 Å². The molecular weight excluding hydrogens is 441 g/mol. The molecule has 3 aromatic rings. The van der Waals surface area contributed by atoms with Crippen molar-refractivity contribution in [1.29, 1.82) is 0 Å². The first-order chi connectivity index (χ1) is 13.4. The number of thioether (sulfide) groups is 1. The number of halogens is 3. The lowest BCUT2D eigenvalue weighted by Crippen LogP contribution is -2.27. The van der Waals surface area contributed by atoms with Gasteiger partial charge in [-0.25, -0.2) is 4.90 Å². The van der Waals surface area contributed by atoms with Crippen LogP contribution in [-0.2, 0) is 4.79 Å². The van der Waals surface area contributed by atoms with Gasteiger partial charge in [-0.15, -0.1) is 0 Å². The summed E-state index contributed by atoms with van der Waals surface area (Å²) in [6, 6.07) is 15.1. The number of anilines is 1. The molecule has 4 rings (SSSR count). The minimum Gasteiger partial charge on any atom is -0.457 e. The number of hydrogen-bond acceptors (Lipinski definition) is 4. The molecule has 140 valence electrons. The maximum Gasteiger partial charge on any atom is 0.298 e. The standard InChI is InChI=1S/C20H10Cl3NO3S/c21-11-3-1-4-12(9-11)24-19(25)17(28-20(24)26)10-13-7-8-16(27-13)18-14(22)5-2-6-15(18)23/h1-10H/b17-10+. The van der Waals surface area contributed by atoms with Gasteiger partial charge in [-0.3, -0.25) is 9.59 Å². The molecule has 2 amide bonds. The van der Waals surface area contributed by atoms with E-state index < -0.39 is 11.1 Å². The van der Waals surface area contributed by atoms with Gasteiger partial charge in [-0.05, 0) is 54.2 Å². The molecule has 1 aliphatic rings. The van der Waals surface area contributed by atoms with Crippen molar-refractivity contribution < 1.29 is 14.0 Å². The van der Waals surface area contributed by atoms with E-state index >= 15 is 0 Å². The number of hydrogen-bond donors (Lipinski definition) is 0. The fourth-order valence-corrected chi connectivity index (χ4v) is 4.32. The second kappa shape index (κ2) is 7.68. The van der Waals surface area contributed by atoms with Gasteiger partial charge in [0.05, 0.1) is 26.2 Å². The van der Waals surface area contributed by atoms with Crippen molar-refractivity contribution in [3.63, 3.8) is 0 Å². The lowest BCUT2D eigenvalue weighted by molar-refractivity contribution is -0.113. The molecule has 0 aliphatic carbocycles. The molecule has 1 aromatic heterocycles. The Morgan fingerprint density at radius 2 is 1.64 bits per heavy atom. The number of carbonyl (C=O) groups excluding carboxylic acids is 2. The third-order valence-electron chi connectivity index (χ3n) is 3.97. The van der Waals surface area contributed by atoms with Crippen molar-refractivity contribution >= 4 is 69.5 Å². The van der Waals surface area contributed by atoms with Crippen LogP contribution in [0.5, 0.6) is 0 Å². The molecule has 0 atom stereocenters. The van der Waals surface area contributed by atoms with Crippen LogP contribution in [0.2, 0.25) is 15.1 Å². The van der Waals surface area contributed by atoms with Gasteiger partial charge in [0.25, 0.3) is 11.1 Å². The van der Waals surface area contributed by atoms with E-state index in [9.17, 15) is 9.59 Å². The Morgan fingerprint density at radius 3 is 2.36 bits per heavy atom. The lowest BCUT2D eigenvalue weighted by atomic mass is 10.2. The zero-order valence-electron chi connectivity index (χ0n) is 14.0. The quantitative estimate of drug-likeness (QED) is 0.398. The van der Waals surface area contributed by atoms with Crippen LogP contribution >= 0.6 is 46.6 Å². The molecule has 2 aromatic carbocycles. The fraction of sp³-hybridized carbons (Fsp3) is 0. The number of benzene rings is 2. The van der Waals surface area contributed by atoms with Crippen molar-refractivity contribution in [3.8, 4) is 11.3 Å². The maximum absolute atomic E-state index is 12.7. The van der Waals surface area contributed by atoms with Crippen molar-refractivity contribution in [2.75, 3.05) is 4.90 Å². The normalized spacial score (nSPS) is 15.7. The smallest absolute Gasteiger partial charge is 0.298 e. The highest BCUT2D eigenvalue weighted by atomic mass is 35.5. The van der Waals surface area contributed by atoms with E-state index in [4.69, 9.17) is 39.2 Å². The van der Waals surface area contributed by atoms with Crippen LogP contribution in [0.15, 0.2) is 63.9 Å². The summed E-state index contributed by atoms with van der Waals surface area (Å²) >= 11 is 19.2. The molecule has 1 aliphatic heterocycles. The average Bonchev–Trinajstić information content (AvgIpc) is 3.20. The molecule has 0 spiro atoms. The minimum absolute atomic E-state index is 0.246. The number of amides is 2. The molecule has 4 nitrogen and oxygen atoms in total. The Morgan fingerprint density at radius 1 is 0.929 bits per heavy atom. The van der Waals surface area contributed by atoms with Gasteiger partial charge in [-0.1, -0.05) is 46.9 Å². The summed E-state index contributed by atoms with van der Waals surface area (Å²) in [6.07, 6.45) is 1.52. The van der Waals surface area contributed by atoms with E-state index in [2.05, 4.69) is 0 Å². The number of rotatable bonds is 3. The minimum atomic E-state index is -0.439. The first-order valence-electron chi connectivity index (χ1n) is 8.02. The Balaban J connectivity index is 1.65. The summed E-state index contributed by atoms with van der Waals surface area (Å²) in [7, 11) is 0. The monoisotopic (exact) mass is 449 g/mol. The van der Waals surface area contributed by atoms with E-state index in [-0.39, 0.29) is 4.91 Å². The van der Waals surface area contributed by atoms with Gasteiger partial charge in [0, 0.05) is 11.1 Å². The summed E-state index contributed by atoms with van der Waals surface area (Å²) in [5.41, 5.74) is 0.985. The predicted molar refractivity (Wildman–Crippen MR) is 114 cm³/mol. The zero-order valence-corrected chi connectivity index (χ0v) is 17.1. The average molecular weight is 451 g/mol. The Kier molecular flexibility index (Phi) is 5.25. The number of carbonyl (C=O) groups is 2. The number of furan rings is 1. The molecule has 1 saturated heterocycles. The van der Waals surface area contributed by atoms with E-state index in [0.717, 1.165) is 16.7 Å². The van der Waals surface area contributed by atoms with E-state index in [1.807, 2.05) is 0 Å². The van der Waals surface area contributed by atoms with Crippen molar-refractivity contribution in [3.05, 3.63) is 80.3 Å². The third-order valence-corrected chi connectivity index (χ3v) is 5.70. The lowest BCUT2D eigenvalue weighted by Gasteiger charge is -2.12. The molecule has 0 unspecified atom stereocenters. The molecule has 0 radical (unpaired) electrons. The highest BCUT2D eigenvalue weighted by Crippen LogP contribution is 2.39. The molecule has 0 saturated carbocycles. The predicted octanol–water partition coefficient (Wildman–Crippen LogP) is 7.15. The van der Waals surface area contributed by atoms with Crippen molar-refractivity contribution in [2.24, 2.45) is 0 Å². The van der Waals surface area contributed by atoms with Crippen LogP contribution in [0.1, 0.15) is 5.76 Å². The largest absolute Gasteiger partial charge is 0.457 e. The van der Waals surface area contributed by atoms with Crippen LogP contribution in [0, 0.1) is 0 Å². The Labute approximate surface area is 179 Å². The van der Waals surface area contributed by atoms with Crippen molar-refractivity contribution in [2.45, 2.75) is 0 Å². The summed E-state index contributed by atoms with van der Waals surface area (Å²) in [5.74, 6) is 0.435. The molecular formula is C20H10Cl3NO3S. The molecule has 1 fully saturated rings. The van der Waals surface area contributed by atoms with E-state index in [1.165, 1.54) is 6.08 Å². The highest BCUT2D eigenvalue weighted by molar-refractivity contribution is 8.19. The summed E-state index contributed by atoms with van der Waals surface area (Å²) in [5, 5.41) is 0.941. The second-order valence-corrected chi connectivity index (χ2v) is 8.04. The Bertz CT molecular complexity index is 1120. The van der Waals surface area contributed by atoms with Crippen LogP contribution in [0.4, 0.5) is 10.5 Å². The molecule has 8 heteroatoms. The van der Waals surface area contributed by atoms with Gasteiger partial charge < -0.3 is 4.42 Å². The maximum atomic E-state index is 12.7. The highest BCUT2D eigenvalue weighted by Gasteiger charge is 2.36. The van der Waals surface area contributed by atoms with Gasteiger partial charge in [0.2, 0.25) is 0 Å². The first-order valence-corrected chi connectivity index (χ1v) is 9.97. The first kappa shape index (κ1) is 19.2. The Hall–Kier alpha value is -2.18. The summed E-state index contributed by atoms with van der Waals surface area (Å²) in [6.45, 7) is 0. The molecule has 0 bridgehead atoms. The van der Waals surface area contributed by atoms with Crippen LogP contribution in [-0.4, -0.2) is 11.1 Å². The molecule has 28 heavy (non-hydrogen) atoms. The van der Waals surface area contributed by atoms with Crippen LogP contribution in [0.3, 0.4) is 0 Å². The topological polar surface area (TPSA) is 50.5 Å². The number of imide groups is 1. The van der Waals surface area contributed by atoms with Crippen LogP contribution in [0.25, 0.3) is 17.4 Å². The second-order valence-electron chi connectivity index (χ2n) is 5.80. The van der Waals surface area contributed by atoms with E-state index in [1.54, 1.807) is 54.6 Å². The van der Waals surface area contributed by atoms with Gasteiger partial charge in [0.15, 0.2) is 0 Å². The zero-order chi connectivity index (χ0) is 19.8.